The van der Waals surface area contributed by atoms with Crippen LogP contribution in [0, 0.1) is 11.8 Å². The van der Waals surface area contributed by atoms with E-state index in [-0.39, 0.29) is 5.92 Å². The van der Waals surface area contributed by atoms with Crippen molar-refractivity contribution in [1.82, 2.24) is 4.90 Å². The van der Waals surface area contributed by atoms with Gasteiger partial charge in [0.15, 0.2) is 0 Å². The molecule has 2 unspecified atom stereocenters. The Labute approximate surface area is 113 Å². The number of rotatable bonds is 2. The fourth-order valence-corrected chi connectivity index (χ4v) is 3.02. The first-order valence-electron chi connectivity index (χ1n) is 7.02. The van der Waals surface area contributed by atoms with Crippen LogP contribution in [0.1, 0.15) is 46.5 Å². The van der Waals surface area contributed by atoms with Gasteiger partial charge in [-0.3, -0.25) is 4.90 Å². The highest BCUT2D eigenvalue weighted by atomic mass is 16.6. The van der Waals surface area contributed by atoms with Gasteiger partial charge in [0.1, 0.15) is 11.6 Å². The highest BCUT2D eigenvalue weighted by Crippen LogP contribution is 2.42. The molecule has 1 heterocycles. The van der Waals surface area contributed by atoms with Crippen molar-refractivity contribution in [2.24, 2.45) is 11.8 Å². The largest absolute Gasteiger partial charge is 0.480 e. The smallest absolute Gasteiger partial charge is 0.411 e. The van der Waals surface area contributed by atoms with Crippen LogP contribution in [0.3, 0.4) is 0 Å². The van der Waals surface area contributed by atoms with Crippen LogP contribution < -0.4 is 0 Å². The summed E-state index contributed by atoms with van der Waals surface area (Å²) in [7, 11) is 0. The topological polar surface area (TPSA) is 66.8 Å². The molecule has 1 amide bonds. The van der Waals surface area contributed by atoms with E-state index < -0.39 is 23.7 Å². The third kappa shape index (κ3) is 3.01. The lowest BCUT2D eigenvalue weighted by Crippen LogP contribution is -2.47. The number of nitrogens with zero attached hydrogens (tertiary/aromatic N) is 1. The van der Waals surface area contributed by atoms with Crippen molar-refractivity contribution in [3.63, 3.8) is 0 Å². The van der Waals surface area contributed by atoms with Gasteiger partial charge in [0.25, 0.3) is 0 Å². The molecule has 0 aromatic carbocycles. The van der Waals surface area contributed by atoms with Crippen molar-refractivity contribution in [3.8, 4) is 0 Å². The number of ether oxygens (including phenoxy) is 1. The lowest BCUT2D eigenvalue weighted by molar-refractivity contribution is -0.144. The number of hydrogen-bond acceptors (Lipinski definition) is 3. The summed E-state index contributed by atoms with van der Waals surface area (Å²) in [4.78, 5) is 25.0. The molecule has 5 heteroatoms. The maximum Gasteiger partial charge on any atom is 0.411 e. The SMILES string of the molecule is CC(C)(C)OC(=O)N1CCC(C2CCC2)C1C(=O)O. The molecule has 5 nitrogen and oxygen atoms in total. The van der Waals surface area contributed by atoms with Gasteiger partial charge in [0.05, 0.1) is 0 Å². The van der Waals surface area contributed by atoms with Crippen LogP contribution in [-0.2, 0) is 9.53 Å². The van der Waals surface area contributed by atoms with Crippen LogP contribution in [0.2, 0.25) is 0 Å². The van der Waals surface area contributed by atoms with E-state index >= 15 is 0 Å². The van der Waals surface area contributed by atoms with E-state index in [9.17, 15) is 14.7 Å². The summed E-state index contributed by atoms with van der Waals surface area (Å²) in [6, 6.07) is -0.708. The normalized spacial score (nSPS) is 28.1. The minimum Gasteiger partial charge on any atom is -0.480 e. The maximum absolute atomic E-state index is 12.1. The van der Waals surface area contributed by atoms with Crippen molar-refractivity contribution in [1.29, 1.82) is 0 Å². The standard InChI is InChI=1S/C14H23NO4/c1-14(2,3)19-13(18)15-8-7-10(9-5-4-6-9)11(15)12(16)17/h9-11H,4-8H2,1-3H3,(H,16,17). The molecular formula is C14H23NO4. The van der Waals surface area contributed by atoms with Crippen molar-refractivity contribution in [2.45, 2.75) is 58.1 Å². The Morgan fingerprint density at radius 1 is 1.21 bits per heavy atom. The lowest BCUT2D eigenvalue weighted by Gasteiger charge is -2.35. The van der Waals surface area contributed by atoms with Crippen LogP contribution in [-0.4, -0.2) is 40.3 Å². The Bertz CT molecular complexity index is 370. The van der Waals surface area contributed by atoms with E-state index in [4.69, 9.17) is 4.74 Å². The Hall–Kier alpha value is -1.26. The quantitative estimate of drug-likeness (QED) is 0.836. The zero-order chi connectivity index (χ0) is 14.2. The molecule has 0 bridgehead atoms. The molecule has 19 heavy (non-hydrogen) atoms. The van der Waals surface area contributed by atoms with Gasteiger partial charge >= 0.3 is 12.1 Å². The lowest BCUT2D eigenvalue weighted by atomic mass is 9.73. The second-order valence-corrected chi connectivity index (χ2v) is 6.60. The van der Waals surface area contributed by atoms with E-state index in [1.54, 1.807) is 20.8 Å². The molecule has 1 N–H and O–H groups in total. The number of amides is 1. The number of hydrogen-bond donors (Lipinski definition) is 1. The summed E-state index contributed by atoms with van der Waals surface area (Å²) in [5, 5.41) is 9.42. The monoisotopic (exact) mass is 269 g/mol. The Balaban J connectivity index is 2.07. The summed E-state index contributed by atoms with van der Waals surface area (Å²) in [6.45, 7) is 5.87. The molecular weight excluding hydrogens is 246 g/mol. The first kappa shape index (κ1) is 14.2. The molecule has 2 atom stereocenters. The number of carbonyl (C=O) groups excluding carboxylic acids is 1. The van der Waals surface area contributed by atoms with Gasteiger partial charge in [0, 0.05) is 6.54 Å². The van der Waals surface area contributed by atoms with Gasteiger partial charge in [0.2, 0.25) is 0 Å². The van der Waals surface area contributed by atoms with Gasteiger partial charge < -0.3 is 9.84 Å². The van der Waals surface area contributed by atoms with Crippen molar-refractivity contribution in [3.05, 3.63) is 0 Å². The summed E-state index contributed by atoms with van der Waals surface area (Å²) >= 11 is 0. The Morgan fingerprint density at radius 3 is 2.26 bits per heavy atom. The predicted octanol–water partition coefficient (Wildman–Crippen LogP) is 2.50. The number of carbonyl (C=O) groups is 2. The van der Waals surface area contributed by atoms with Crippen molar-refractivity contribution in [2.75, 3.05) is 6.54 Å². The number of aliphatic carboxylic acids is 1. The zero-order valence-electron chi connectivity index (χ0n) is 11.9. The Morgan fingerprint density at radius 2 is 1.84 bits per heavy atom. The molecule has 0 aromatic heterocycles. The Kier molecular flexibility index (Phi) is 3.74. The minimum absolute atomic E-state index is 0.0961. The van der Waals surface area contributed by atoms with E-state index in [1.807, 2.05) is 0 Å². The van der Waals surface area contributed by atoms with E-state index in [0.29, 0.717) is 12.5 Å². The number of likely N-dealkylation sites (tertiary alicyclic amines) is 1. The fraction of sp³-hybridized carbons (Fsp3) is 0.857. The van der Waals surface area contributed by atoms with Gasteiger partial charge in [-0.25, -0.2) is 9.59 Å². The molecule has 108 valence electrons. The molecule has 2 fully saturated rings. The highest BCUT2D eigenvalue weighted by Gasteiger charge is 2.47. The van der Waals surface area contributed by atoms with Crippen LogP contribution in [0.25, 0.3) is 0 Å². The molecule has 0 spiro atoms. The average molecular weight is 269 g/mol. The van der Waals surface area contributed by atoms with Crippen molar-refractivity contribution >= 4 is 12.1 Å². The second-order valence-electron chi connectivity index (χ2n) is 6.60. The highest BCUT2D eigenvalue weighted by molar-refractivity contribution is 5.81. The molecule has 1 saturated carbocycles. The first-order chi connectivity index (χ1) is 8.79. The summed E-state index contributed by atoms with van der Waals surface area (Å²) in [5.74, 6) is -0.340. The third-order valence-electron chi connectivity index (χ3n) is 4.08. The maximum atomic E-state index is 12.1. The van der Waals surface area contributed by atoms with E-state index in [0.717, 1.165) is 19.3 Å². The van der Waals surface area contributed by atoms with Crippen LogP contribution in [0.4, 0.5) is 4.79 Å². The number of carboxylic acid groups (broad SMARTS) is 1. The van der Waals surface area contributed by atoms with E-state index in [2.05, 4.69) is 0 Å². The number of carboxylic acids is 1. The average Bonchev–Trinajstić information content (AvgIpc) is 2.56. The fourth-order valence-electron chi connectivity index (χ4n) is 3.02. The minimum atomic E-state index is -0.903. The van der Waals surface area contributed by atoms with Gasteiger partial charge in [-0.05, 0) is 39.0 Å². The molecule has 0 aromatic rings. The summed E-state index contributed by atoms with van der Waals surface area (Å²) in [6.07, 6.45) is 3.65. The molecule has 2 aliphatic rings. The van der Waals surface area contributed by atoms with Crippen LogP contribution in [0.15, 0.2) is 0 Å². The van der Waals surface area contributed by atoms with Gasteiger partial charge in [-0.1, -0.05) is 19.3 Å². The van der Waals surface area contributed by atoms with E-state index in [1.165, 1.54) is 11.3 Å². The molecule has 1 saturated heterocycles. The van der Waals surface area contributed by atoms with Gasteiger partial charge in [-0.2, -0.15) is 0 Å². The molecule has 2 rings (SSSR count). The summed E-state index contributed by atoms with van der Waals surface area (Å²) < 4.78 is 5.31. The third-order valence-corrected chi connectivity index (χ3v) is 4.08. The van der Waals surface area contributed by atoms with Gasteiger partial charge in [-0.15, -0.1) is 0 Å². The van der Waals surface area contributed by atoms with Crippen LogP contribution >= 0.6 is 0 Å². The molecule has 1 aliphatic heterocycles. The molecule has 1 aliphatic carbocycles. The summed E-state index contributed by atoms with van der Waals surface area (Å²) in [5.41, 5.74) is -0.589. The van der Waals surface area contributed by atoms with Crippen LogP contribution in [0.5, 0.6) is 0 Å². The zero-order valence-corrected chi connectivity index (χ0v) is 11.9. The predicted molar refractivity (Wildman–Crippen MR) is 69.8 cm³/mol. The second kappa shape index (κ2) is 5.02. The first-order valence-corrected chi connectivity index (χ1v) is 7.02. The van der Waals surface area contributed by atoms with Crippen molar-refractivity contribution < 1.29 is 19.4 Å². The molecule has 0 radical (unpaired) electrons.